The Labute approximate surface area is 83.0 Å². The minimum Gasteiger partial charge on any atom is -0.281 e. The van der Waals surface area contributed by atoms with Crippen molar-refractivity contribution in [1.29, 1.82) is 0 Å². The second kappa shape index (κ2) is 3.36. The highest BCUT2D eigenvalue weighted by Crippen LogP contribution is 2.28. The molecule has 0 aromatic carbocycles. The average molecular weight is 215 g/mol. The number of aromatic amines is 1. The van der Waals surface area contributed by atoms with Crippen molar-refractivity contribution in [3.63, 3.8) is 0 Å². The molecule has 0 saturated heterocycles. The molecule has 2 rings (SSSR count). The first-order valence-electron chi connectivity index (χ1n) is 4.59. The van der Waals surface area contributed by atoms with E-state index in [9.17, 15) is 8.42 Å². The Balaban J connectivity index is 2.10. The van der Waals surface area contributed by atoms with E-state index < -0.39 is 10.0 Å². The molecule has 1 fully saturated rings. The fraction of sp³-hybridized carbons (Fsp3) is 0.625. The van der Waals surface area contributed by atoms with Crippen LogP contribution in [0.1, 0.15) is 18.5 Å². The average Bonchev–Trinajstić information content (AvgIpc) is 2.85. The highest BCUT2D eigenvalue weighted by molar-refractivity contribution is 7.89. The van der Waals surface area contributed by atoms with Crippen LogP contribution in [0.25, 0.3) is 0 Å². The van der Waals surface area contributed by atoms with E-state index >= 15 is 0 Å². The monoisotopic (exact) mass is 215 g/mol. The summed E-state index contributed by atoms with van der Waals surface area (Å²) in [4.78, 5) is 0.248. The van der Waals surface area contributed by atoms with E-state index in [0.717, 1.165) is 12.8 Å². The lowest BCUT2D eigenvalue weighted by atomic mass is 10.4. The molecule has 0 spiro atoms. The Morgan fingerprint density at radius 2 is 2.36 bits per heavy atom. The fourth-order valence-electron chi connectivity index (χ4n) is 1.24. The third kappa shape index (κ3) is 1.96. The number of rotatable bonds is 4. The molecule has 1 heterocycles. The lowest BCUT2D eigenvalue weighted by molar-refractivity contribution is 0.577. The molecular weight excluding hydrogens is 202 g/mol. The molecule has 14 heavy (non-hydrogen) atoms. The van der Waals surface area contributed by atoms with Crippen LogP contribution in [0, 0.1) is 12.8 Å². The van der Waals surface area contributed by atoms with E-state index in [1.807, 2.05) is 0 Å². The van der Waals surface area contributed by atoms with Gasteiger partial charge < -0.3 is 0 Å². The maximum absolute atomic E-state index is 11.7. The number of nitrogens with zero attached hydrogens (tertiary/aromatic N) is 1. The summed E-state index contributed by atoms with van der Waals surface area (Å²) < 4.78 is 25.9. The van der Waals surface area contributed by atoms with Gasteiger partial charge in [0.1, 0.15) is 4.90 Å². The van der Waals surface area contributed by atoms with E-state index in [1.165, 1.54) is 6.20 Å². The molecule has 1 saturated carbocycles. The zero-order valence-corrected chi connectivity index (χ0v) is 8.76. The first-order chi connectivity index (χ1) is 6.59. The number of nitrogens with one attached hydrogen (secondary N) is 2. The molecule has 1 aromatic rings. The van der Waals surface area contributed by atoms with Crippen LogP contribution in [0.3, 0.4) is 0 Å². The molecule has 78 valence electrons. The van der Waals surface area contributed by atoms with E-state index in [-0.39, 0.29) is 4.90 Å². The zero-order chi connectivity index (χ0) is 10.2. The SMILES string of the molecule is Cc1[nH]ncc1S(=O)(=O)NCC1CC1. The predicted octanol–water partition coefficient (Wildman–Crippen LogP) is 0.406. The topological polar surface area (TPSA) is 74.8 Å². The second-order valence-electron chi connectivity index (χ2n) is 3.65. The summed E-state index contributed by atoms with van der Waals surface area (Å²) in [5.74, 6) is 0.539. The van der Waals surface area contributed by atoms with Crippen LogP contribution in [0.15, 0.2) is 11.1 Å². The van der Waals surface area contributed by atoms with Crippen molar-refractivity contribution in [2.24, 2.45) is 5.92 Å². The summed E-state index contributed by atoms with van der Waals surface area (Å²) in [6, 6.07) is 0. The Kier molecular flexibility index (Phi) is 2.32. The Morgan fingerprint density at radius 3 is 2.86 bits per heavy atom. The van der Waals surface area contributed by atoms with Gasteiger partial charge in [-0.05, 0) is 25.7 Å². The summed E-state index contributed by atoms with van der Waals surface area (Å²) in [5.41, 5.74) is 0.577. The second-order valence-corrected chi connectivity index (χ2v) is 5.39. The molecule has 0 atom stereocenters. The molecule has 1 aromatic heterocycles. The third-order valence-corrected chi connectivity index (χ3v) is 3.87. The van der Waals surface area contributed by atoms with E-state index in [0.29, 0.717) is 18.2 Å². The van der Waals surface area contributed by atoms with E-state index in [4.69, 9.17) is 0 Å². The molecule has 0 aliphatic heterocycles. The molecular formula is C8H13N3O2S. The Bertz CT molecular complexity index is 420. The number of hydrogen-bond acceptors (Lipinski definition) is 3. The van der Waals surface area contributed by atoms with Crippen molar-refractivity contribution in [1.82, 2.24) is 14.9 Å². The van der Waals surface area contributed by atoms with Gasteiger partial charge in [-0.3, -0.25) is 5.10 Å². The van der Waals surface area contributed by atoms with Gasteiger partial charge in [0.25, 0.3) is 0 Å². The van der Waals surface area contributed by atoms with Gasteiger partial charge in [-0.2, -0.15) is 5.10 Å². The van der Waals surface area contributed by atoms with Crippen molar-refractivity contribution in [3.8, 4) is 0 Å². The van der Waals surface area contributed by atoms with Gasteiger partial charge >= 0.3 is 0 Å². The van der Waals surface area contributed by atoms with Crippen molar-refractivity contribution < 1.29 is 8.42 Å². The maximum atomic E-state index is 11.7. The number of aryl methyl sites for hydroxylation is 1. The number of sulfonamides is 1. The Morgan fingerprint density at radius 1 is 1.64 bits per heavy atom. The Hall–Kier alpha value is -0.880. The zero-order valence-electron chi connectivity index (χ0n) is 7.95. The van der Waals surface area contributed by atoms with Crippen molar-refractivity contribution in [2.75, 3.05) is 6.54 Å². The first-order valence-corrected chi connectivity index (χ1v) is 6.07. The molecule has 2 N–H and O–H groups in total. The predicted molar refractivity (Wildman–Crippen MR) is 51.2 cm³/mol. The highest BCUT2D eigenvalue weighted by atomic mass is 32.2. The van der Waals surface area contributed by atoms with Crippen LogP contribution in [-0.2, 0) is 10.0 Å². The summed E-state index contributed by atoms with van der Waals surface area (Å²) in [5, 5.41) is 6.30. The molecule has 0 radical (unpaired) electrons. The fourth-order valence-corrected chi connectivity index (χ4v) is 2.49. The van der Waals surface area contributed by atoms with Crippen LogP contribution in [0.5, 0.6) is 0 Å². The minimum absolute atomic E-state index is 0.248. The summed E-state index contributed by atoms with van der Waals surface area (Å²) in [6.07, 6.45) is 3.60. The molecule has 5 nitrogen and oxygen atoms in total. The largest absolute Gasteiger partial charge is 0.281 e. The number of hydrogen-bond donors (Lipinski definition) is 2. The molecule has 0 bridgehead atoms. The van der Waals surface area contributed by atoms with Crippen LogP contribution < -0.4 is 4.72 Å². The molecule has 0 unspecified atom stereocenters. The van der Waals surface area contributed by atoms with Gasteiger partial charge in [0.15, 0.2) is 0 Å². The van der Waals surface area contributed by atoms with E-state index in [1.54, 1.807) is 6.92 Å². The smallest absolute Gasteiger partial charge is 0.243 e. The van der Waals surface area contributed by atoms with Gasteiger partial charge in [0.05, 0.1) is 11.9 Å². The van der Waals surface area contributed by atoms with Gasteiger partial charge in [0.2, 0.25) is 10.0 Å². The van der Waals surface area contributed by atoms with Crippen molar-refractivity contribution in [3.05, 3.63) is 11.9 Å². The molecule has 1 aliphatic rings. The lowest BCUT2D eigenvalue weighted by Crippen LogP contribution is -2.26. The van der Waals surface area contributed by atoms with Crippen molar-refractivity contribution in [2.45, 2.75) is 24.7 Å². The molecule has 6 heteroatoms. The summed E-state index contributed by atoms with van der Waals surface area (Å²) in [6.45, 7) is 2.24. The van der Waals surface area contributed by atoms with Crippen LogP contribution >= 0.6 is 0 Å². The first kappa shape index (κ1) is 9.67. The summed E-state index contributed by atoms with van der Waals surface area (Å²) in [7, 11) is -3.35. The van der Waals surface area contributed by atoms with Crippen LogP contribution in [-0.4, -0.2) is 25.2 Å². The number of aromatic nitrogens is 2. The highest BCUT2D eigenvalue weighted by Gasteiger charge is 2.25. The van der Waals surface area contributed by atoms with Gasteiger partial charge in [0, 0.05) is 6.54 Å². The molecule has 0 amide bonds. The van der Waals surface area contributed by atoms with Crippen LogP contribution in [0.2, 0.25) is 0 Å². The number of H-pyrrole nitrogens is 1. The van der Waals surface area contributed by atoms with Gasteiger partial charge in [-0.15, -0.1) is 0 Å². The van der Waals surface area contributed by atoms with Crippen molar-refractivity contribution >= 4 is 10.0 Å². The van der Waals surface area contributed by atoms with Gasteiger partial charge in [-0.1, -0.05) is 0 Å². The van der Waals surface area contributed by atoms with Gasteiger partial charge in [-0.25, -0.2) is 13.1 Å². The quantitative estimate of drug-likeness (QED) is 0.763. The van der Waals surface area contributed by atoms with E-state index in [2.05, 4.69) is 14.9 Å². The minimum atomic E-state index is -3.35. The maximum Gasteiger partial charge on any atom is 0.243 e. The standard InChI is InChI=1S/C8H13N3O2S/c1-6-8(5-9-11-6)14(12,13)10-4-7-2-3-7/h5,7,10H,2-4H2,1H3,(H,9,11). The normalized spacial score (nSPS) is 17.2. The van der Waals surface area contributed by atoms with Crippen LogP contribution in [0.4, 0.5) is 0 Å². The molecule has 1 aliphatic carbocycles. The summed E-state index contributed by atoms with van der Waals surface area (Å²) >= 11 is 0. The lowest BCUT2D eigenvalue weighted by Gasteiger charge is -2.03. The third-order valence-electron chi connectivity index (χ3n) is 2.33.